The maximum Gasteiger partial charge on any atom is 0.264 e. The van der Waals surface area contributed by atoms with E-state index in [0.29, 0.717) is 11.4 Å². The molecule has 37 heavy (non-hydrogen) atoms. The summed E-state index contributed by atoms with van der Waals surface area (Å²) in [5, 5.41) is 2.68. The van der Waals surface area contributed by atoms with Crippen molar-refractivity contribution in [3.8, 4) is 5.75 Å². The molecule has 1 N–H and O–H groups in total. The Balaban J connectivity index is 1.65. The molecule has 0 saturated heterocycles. The Morgan fingerprint density at radius 2 is 1.43 bits per heavy atom. The molecule has 0 aliphatic carbocycles. The molecular formula is C26H31N3O6S2. The number of anilines is 1. The molecule has 0 atom stereocenters. The summed E-state index contributed by atoms with van der Waals surface area (Å²) in [7, 11) is -4.61. The van der Waals surface area contributed by atoms with Crippen molar-refractivity contribution in [2.24, 2.45) is 0 Å². The van der Waals surface area contributed by atoms with Crippen molar-refractivity contribution in [1.82, 2.24) is 9.62 Å². The van der Waals surface area contributed by atoms with Crippen molar-refractivity contribution in [1.29, 1.82) is 0 Å². The first-order valence-electron chi connectivity index (χ1n) is 11.5. The lowest BCUT2D eigenvalue weighted by atomic mass is 10.1. The largest absolute Gasteiger partial charge is 0.492 e. The number of ether oxygens (including phenoxy) is 1. The van der Waals surface area contributed by atoms with E-state index in [2.05, 4.69) is 5.32 Å². The molecule has 198 valence electrons. The van der Waals surface area contributed by atoms with Crippen LogP contribution in [0.1, 0.15) is 11.1 Å². The monoisotopic (exact) mass is 545 g/mol. The fourth-order valence-electron chi connectivity index (χ4n) is 3.38. The van der Waals surface area contributed by atoms with Crippen LogP contribution in [0.15, 0.2) is 82.6 Å². The number of aryl methyl sites for hydroxylation is 2. The second-order valence-electron chi connectivity index (χ2n) is 8.55. The highest BCUT2D eigenvalue weighted by atomic mass is 32.2. The maximum atomic E-state index is 13.4. The summed E-state index contributed by atoms with van der Waals surface area (Å²) in [5.74, 6) is -0.0517. The zero-order chi connectivity index (χ0) is 27.2. The molecule has 0 radical (unpaired) electrons. The summed E-state index contributed by atoms with van der Waals surface area (Å²) in [5.41, 5.74) is 2.31. The first-order chi connectivity index (χ1) is 17.4. The van der Waals surface area contributed by atoms with Gasteiger partial charge in [-0.3, -0.25) is 9.10 Å². The molecular weight excluding hydrogens is 514 g/mol. The lowest BCUT2D eigenvalue weighted by Gasteiger charge is -2.25. The second kappa shape index (κ2) is 11.8. The number of hydrogen-bond donors (Lipinski definition) is 1. The van der Waals surface area contributed by atoms with E-state index < -0.39 is 32.5 Å². The molecule has 3 aromatic rings. The van der Waals surface area contributed by atoms with Gasteiger partial charge in [0.2, 0.25) is 15.9 Å². The predicted molar refractivity (Wildman–Crippen MR) is 143 cm³/mol. The molecule has 0 spiro atoms. The third kappa shape index (κ3) is 6.88. The van der Waals surface area contributed by atoms with Crippen LogP contribution in [0.2, 0.25) is 0 Å². The van der Waals surface area contributed by atoms with E-state index in [1.54, 1.807) is 30.3 Å². The van der Waals surface area contributed by atoms with Crippen LogP contribution in [0.25, 0.3) is 0 Å². The molecule has 0 aromatic heterocycles. The van der Waals surface area contributed by atoms with Gasteiger partial charge in [0.25, 0.3) is 10.0 Å². The number of hydrogen-bond acceptors (Lipinski definition) is 6. The molecule has 0 aliphatic rings. The summed E-state index contributed by atoms with van der Waals surface area (Å²) >= 11 is 0. The Hall–Kier alpha value is -3.41. The van der Waals surface area contributed by atoms with Crippen molar-refractivity contribution >= 4 is 31.6 Å². The Kier molecular flexibility index (Phi) is 8.95. The minimum absolute atomic E-state index is 0.0871. The number of carbonyl (C=O) groups is 1. The molecule has 0 saturated carbocycles. The highest BCUT2D eigenvalue weighted by Gasteiger charge is 2.27. The van der Waals surface area contributed by atoms with Crippen molar-refractivity contribution in [3.05, 3.63) is 83.9 Å². The first kappa shape index (κ1) is 28.2. The van der Waals surface area contributed by atoms with Gasteiger partial charge in [0, 0.05) is 14.1 Å². The van der Waals surface area contributed by atoms with E-state index in [0.717, 1.165) is 19.7 Å². The van der Waals surface area contributed by atoms with Crippen LogP contribution in [0.4, 0.5) is 5.69 Å². The molecule has 0 unspecified atom stereocenters. The van der Waals surface area contributed by atoms with Gasteiger partial charge in [0.1, 0.15) is 18.9 Å². The minimum atomic E-state index is -3.99. The van der Waals surface area contributed by atoms with Crippen molar-refractivity contribution < 1.29 is 26.4 Å². The number of sulfonamides is 2. The van der Waals surface area contributed by atoms with Crippen LogP contribution in [-0.4, -0.2) is 60.8 Å². The predicted octanol–water partition coefficient (Wildman–Crippen LogP) is 2.94. The molecule has 0 bridgehead atoms. The third-order valence-corrected chi connectivity index (χ3v) is 9.31. The summed E-state index contributed by atoms with van der Waals surface area (Å²) in [6.45, 7) is 3.64. The first-order valence-corrected chi connectivity index (χ1v) is 14.4. The van der Waals surface area contributed by atoms with Gasteiger partial charge < -0.3 is 10.1 Å². The highest BCUT2D eigenvalue weighted by molar-refractivity contribution is 7.92. The summed E-state index contributed by atoms with van der Waals surface area (Å²) in [6.07, 6.45) is 0. The molecule has 0 heterocycles. The van der Waals surface area contributed by atoms with Gasteiger partial charge in [0.05, 0.1) is 22.0 Å². The molecule has 0 fully saturated rings. The van der Waals surface area contributed by atoms with E-state index in [1.807, 2.05) is 19.9 Å². The van der Waals surface area contributed by atoms with E-state index in [-0.39, 0.29) is 22.9 Å². The number of nitrogens with zero attached hydrogens (tertiary/aromatic N) is 2. The van der Waals surface area contributed by atoms with Crippen LogP contribution in [0, 0.1) is 13.8 Å². The summed E-state index contributed by atoms with van der Waals surface area (Å²) < 4.78 is 58.9. The number of carbonyl (C=O) groups excluding carboxylic acids is 1. The third-order valence-electron chi connectivity index (χ3n) is 5.69. The fourth-order valence-corrected chi connectivity index (χ4v) is 5.72. The van der Waals surface area contributed by atoms with Crippen LogP contribution in [-0.2, 0) is 24.8 Å². The standard InChI is InChI=1S/C26H31N3O6S2/c1-20-10-11-22(18-21(20)2)29(37(33,34)24-8-6-5-7-9-24)19-26(30)27-16-17-35-23-12-14-25(15-13-23)36(31,32)28(3)4/h5-15,18H,16-17,19H2,1-4H3,(H,27,30). The normalized spacial score (nSPS) is 11.8. The van der Waals surface area contributed by atoms with E-state index in [9.17, 15) is 21.6 Å². The van der Waals surface area contributed by atoms with Crippen LogP contribution in [0.5, 0.6) is 5.75 Å². The molecule has 3 rings (SSSR count). The van der Waals surface area contributed by atoms with Crippen LogP contribution in [0.3, 0.4) is 0 Å². The number of amides is 1. The maximum absolute atomic E-state index is 13.4. The van der Waals surface area contributed by atoms with Crippen LogP contribution < -0.4 is 14.4 Å². The summed E-state index contributed by atoms with van der Waals surface area (Å²) in [4.78, 5) is 13.0. The second-order valence-corrected chi connectivity index (χ2v) is 12.6. The van der Waals surface area contributed by atoms with E-state index >= 15 is 0 Å². The van der Waals surface area contributed by atoms with Gasteiger partial charge in [-0.05, 0) is 73.5 Å². The lowest BCUT2D eigenvalue weighted by Crippen LogP contribution is -2.42. The van der Waals surface area contributed by atoms with Gasteiger partial charge in [-0.15, -0.1) is 0 Å². The SMILES string of the molecule is Cc1ccc(N(CC(=O)NCCOc2ccc(S(=O)(=O)N(C)C)cc2)S(=O)(=O)c2ccccc2)cc1C. The number of rotatable bonds is 11. The molecule has 9 nitrogen and oxygen atoms in total. The minimum Gasteiger partial charge on any atom is -0.492 e. The average Bonchev–Trinajstić information content (AvgIpc) is 2.87. The Morgan fingerprint density at radius 1 is 0.811 bits per heavy atom. The lowest BCUT2D eigenvalue weighted by molar-refractivity contribution is -0.119. The van der Waals surface area contributed by atoms with Crippen LogP contribution >= 0.6 is 0 Å². The van der Waals surface area contributed by atoms with Gasteiger partial charge in [-0.25, -0.2) is 21.1 Å². The van der Waals surface area contributed by atoms with Gasteiger partial charge in [-0.2, -0.15) is 0 Å². The topological polar surface area (TPSA) is 113 Å². The average molecular weight is 546 g/mol. The zero-order valence-electron chi connectivity index (χ0n) is 21.2. The Bertz CT molecular complexity index is 1440. The quantitative estimate of drug-likeness (QED) is 0.371. The Labute approximate surface area is 218 Å². The van der Waals surface area contributed by atoms with Gasteiger partial charge in [0.15, 0.2) is 0 Å². The van der Waals surface area contributed by atoms with Crippen molar-refractivity contribution in [2.75, 3.05) is 38.1 Å². The van der Waals surface area contributed by atoms with Gasteiger partial charge >= 0.3 is 0 Å². The number of nitrogens with one attached hydrogen (secondary N) is 1. The Morgan fingerprint density at radius 3 is 2.03 bits per heavy atom. The van der Waals surface area contributed by atoms with E-state index in [4.69, 9.17) is 4.74 Å². The summed E-state index contributed by atoms with van der Waals surface area (Å²) in [6, 6.07) is 19.2. The fraction of sp³-hybridized carbons (Fsp3) is 0.269. The van der Waals surface area contributed by atoms with Crippen molar-refractivity contribution in [3.63, 3.8) is 0 Å². The molecule has 11 heteroatoms. The molecule has 3 aromatic carbocycles. The van der Waals surface area contributed by atoms with Gasteiger partial charge in [-0.1, -0.05) is 24.3 Å². The highest BCUT2D eigenvalue weighted by Crippen LogP contribution is 2.25. The molecule has 0 aliphatic heterocycles. The van der Waals surface area contributed by atoms with Crippen molar-refractivity contribution in [2.45, 2.75) is 23.6 Å². The number of benzene rings is 3. The van der Waals surface area contributed by atoms with E-state index in [1.165, 1.54) is 50.5 Å². The zero-order valence-corrected chi connectivity index (χ0v) is 22.8. The molecule has 1 amide bonds. The smallest absolute Gasteiger partial charge is 0.264 e.